The van der Waals surface area contributed by atoms with Gasteiger partial charge in [-0.1, -0.05) is 0 Å². The number of esters is 1. The van der Waals surface area contributed by atoms with Gasteiger partial charge in [-0.2, -0.15) is 0 Å². The van der Waals surface area contributed by atoms with E-state index in [0.717, 1.165) is 0 Å². The van der Waals surface area contributed by atoms with E-state index in [-0.39, 0.29) is 42.4 Å². The number of rotatable bonds is 6. The van der Waals surface area contributed by atoms with Crippen LogP contribution in [0.2, 0.25) is 0 Å². The Balaban J connectivity index is 2.42. The van der Waals surface area contributed by atoms with Crippen molar-refractivity contribution in [3.63, 3.8) is 0 Å². The van der Waals surface area contributed by atoms with E-state index in [1.807, 2.05) is 0 Å². The van der Waals surface area contributed by atoms with Gasteiger partial charge in [-0.15, -0.1) is 0 Å². The van der Waals surface area contributed by atoms with Crippen molar-refractivity contribution >= 4 is 33.5 Å². The molecule has 0 saturated heterocycles. The molecule has 3 N–H and O–H groups in total. The van der Waals surface area contributed by atoms with Crippen LogP contribution in [-0.2, 0) is 14.3 Å². The number of hydrogen-bond donors (Lipinski definition) is 3. The molecule has 0 aliphatic carbocycles. The lowest BCUT2D eigenvalue weighted by Gasteiger charge is -2.16. The van der Waals surface area contributed by atoms with Crippen LogP contribution in [0.5, 0.6) is 11.5 Å². The zero-order chi connectivity index (χ0) is 17.9. The van der Waals surface area contributed by atoms with E-state index >= 15 is 0 Å². The van der Waals surface area contributed by atoms with Crippen LogP contribution in [0.4, 0.5) is 5.69 Å². The summed E-state index contributed by atoms with van der Waals surface area (Å²) in [5.41, 5.74) is 0.303. The lowest BCUT2D eigenvalue weighted by molar-refractivity contribution is -0.136. The number of ether oxygens (including phenoxy) is 2. The Morgan fingerprint density at radius 1 is 1.42 bits per heavy atom. The van der Waals surface area contributed by atoms with Gasteiger partial charge in [0.2, 0.25) is 0 Å². The molecule has 0 saturated carbocycles. The quantitative estimate of drug-likeness (QED) is 0.479. The third kappa shape index (κ3) is 3.46. The van der Waals surface area contributed by atoms with Crippen molar-refractivity contribution in [1.82, 2.24) is 4.90 Å². The van der Waals surface area contributed by atoms with E-state index < -0.39 is 11.9 Å². The molecule has 0 unspecified atom stereocenters. The Bertz CT molecular complexity index is 703. The summed E-state index contributed by atoms with van der Waals surface area (Å²) in [5.74, 6) is -0.823. The monoisotopic (exact) mass is 400 g/mol. The second-order valence-corrected chi connectivity index (χ2v) is 5.78. The average molecular weight is 401 g/mol. The molecule has 1 aromatic rings. The highest BCUT2D eigenvalue weighted by molar-refractivity contribution is 9.10. The summed E-state index contributed by atoms with van der Waals surface area (Å²) in [5, 5.41) is 22.0. The average Bonchev–Trinajstić information content (AvgIpc) is 2.87. The fourth-order valence-corrected chi connectivity index (χ4v) is 2.71. The molecule has 1 aromatic carbocycles. The van der Waals surface area contributed by atoms with Crippen molar-refractivity contribution in [2.75, 3.05) is 39.2 Å². The zero-order valence-electron chi connectivity index (χ0n) is 13.1. The first kappa shape index (κ1) is 18.1. The highest BCUT2D eigenvalue weighted by atomic mass is 79.9. The minimum atomic E-state index is -0.659. The molecule has 24 heavy (non-hydrogen) atoms. The second-order valence-electron chi connectivity index (χ2n) is 4.93. The van der Waals surface area contributed by atoms with Gasteiger partial charge in [0.1, 0.15) is 11.4 Å². The number of amides is 1. The third-order valence-electron chi connectivity index (χ3n) is 3.49. The first-order valence-corrected chi connectivity index (χ1v) is 7.77. The number of aliphatic hydroxyl groups excluding tert-OH is 1. The molecule has 8 nitrogen and oxygen atoms in total. The number of β-amino-alcohol motifs (C(OH)–C–C–N with tert-alkyl or cyclic N) is 1. The maximum Gasteiger partial charge on any atom is 0.337 e. The minimum Gasteiger partial charge on any atom is -0.505 e. The van der Waals surface area contributed by atoms with Gasteiger partial charge in [0, 0.05) is 12.6 Å². The van der Waals surface area contributed by atoms with Crippen LogP contribution in [-0.4, -0.2) is 60.9 Å². The Kier molecular flexibility index (Phi) is 5.68. The van der Waals surface area contributed by atoms with Gasteiger partial charge in [-0.05, 0) is 22.0 Å². The van der Waals surface area contributed by atoms with Crippen LogP contribution in [0, 0.1) is 0 Å². The molecule has 1 amide bonds. The number of hydrogen-bond acceptors (Lipinski definition) is 7. The molecule has 9 heteroatoms. The number of phenols is 1. The first-order chi connectivity index (χ1) is 11.4. The molecule has 1 aliphatic rings. The number of carbonyl (C=O) groups is 2. The molecule has 0 spiro atoms. The molecule has 1 heterocycles. The summed E-state index contributed by atoms with van der Waals surface area (Å²) in [7, 11) is 2.68. The van der Waals surface area contributed by atoms with Crippen LogP contribution < -0.4 is 10.1 Å². The first-order valence-electron chi connectivity index (χ1n) is 6.98. The third-order valence-corrected chi connectivity index (χ3v) is 4.09. The Morgan fingerprint density at radius 2 is 2.12 bits per heavy atom. The van der Waals surface area contributed by atoms with Crippen molar-refractivity contribution in [1.29, 1.82) is 0 Å². The zero-order valence-corrected chi connectivity index (χ0v) is 14.7. The van der Waals surface area contributed by atoms with Crippen LogP contribution >= 0.6 is 15.9 Å². The van der Waals surface area contributed by atoms with Crippen LogP contribution in [0.25, 0.3) is 0 Å². The molecule has 0 aromatic heterocycles. The van der Waals surface area contributed by atoms with Crippen molar-refractivity contribution in [3.05, 3.63) is 27.9 Å². The van der Waals surface area contributed by atoms with Gasteiger partial charge < -0.3 is 29.9 Å². The maximum absolute atomic E-state index is 12.4. The van der Waals surface area contributed by atoms with Crippen molar-refractivity contribution < 1.29 is 29.3 Å². The van der Waals surface area contributed by atoms with E-state index in [4.69, 9.17) is 14.6 Å². The maximum atomic E-state index is 12.4. The van der Waals surface area contributed by atoms with E-state index in [1.54, 1.807) is 6.07 Å². The Labute approximate surface area is 146 Å². The predicted molar refractivity (Wildman–Crippen MR) is 88.7 cm³/mol. The molecular weight excluding hydrogens is 384 g/mol. The number of methoxy groups -OCH3 is 2. The van der Waals surface area contributed by atoms with E-state index in [0.29, 0.717) is 10.2 Å². The molecule has 0 fully saturated rings. The predicted octanol–water partition coefficient (Wildman–Crippen LogP) is 0.837. The van der Waals surface area contributed by atoms with Gasteiger partial charge >= 0.3 is 5.97 Å². The number of carbonyl (C=O) groups excluding carboxylic acids is 2. The normalized spacial score (nSPS) is 14.2. The van der Waals surface area contributed by atoms with Gasteiger partial charge in [-0.25, -0.2) is 4.79 Å². The number of aliphatic hydroxyl groups is 1. The standard InChI is InChI=1S/C15H17BrN2O6/c1-23-8-5-10(16)13(20)11(6-8)17-12-9(15(22)24-2)7-18(3-4-19)14(12)21/h5-6,17,19-20H,3-4,7H2,1-2H3. The summed E-state index contributed by atoms with van der Waals surface area (Å²) in [6.07, 6.45) is 0. The minimum absolute atomic E-state index is 0.00856. The molecule has 2 rings (SSSR count). The van der Waals surface area contributed by atoms with Crippen molar-refractivity contribution in [2.24, 2.45) is 0 Å². The largest absolute Gasteiger partial charge is 0.505 e. The van der Waals surface area contributed by atoms with Crippen molar-refractivity contribution in [2.45, 2.75) is 0 Å². The van der Waals surface area contributed by atoms with Crippen LogP contribution in [0.15, 0.2) is 27.9 Å². The lowest BCUT2D eigenvalue weighted by atomic mass is 10.2. The smallest absolute Gasteiger partial charge is 0.337 e. The Morgan fingerprint density at radius 3 is 2.71 bits per heavy atom. The van der Waals surface area contributed by atoms with Gasteiger partial charge in [0.05, 0.1) is 43.1 Å². The summed E-state index contributed by atoms with van der Waals surface area (Å²) >= 11 is 3.19. The summed E-state index contributed by atoms with van der Waals surface area (Å²) in [6, 6.07) is 3.05. The van der Waals surface area contributed by atoms with Crippen molar-refractivity contribution in [3.8, 4) is 11.5 Å². The van der Waals surface area contributed by atoms with E-state index in [1.165, 1.54) is 25.2 Å². The second kappa shape index (κ2) is 7.54. The van der Waals surface area contributed by atoms with Gasteiger partial charge in [0.25, 0.3) is 5.91 Å². The van der Waals surface area contributed by atoms with E-state index in [9.17, 15) is 14.7 Å². The van der Waals surface area contributed by atoms with Gasteiger partial charge in [0.15, 0.2) is 5.75 Å². The van der Waals surface area contributed by atoms with Gasteiger partial charge in [-0.3, -0.25) is 4.79 Å². The number of benzene rings is 1. The lowest BCUT2D eigenvalue weighted by Crippen LogP contribution is -2.31. The molecular formula is C15H17BrN2O6. The molecule has 0 radical (unpaired) electrons. The molecule has 0 atom stereocenters. The topological polar surface area (TPSA) is 108 Å². The summed E-state index contributed by atoms with van der Waals surface area (Å²) in [4.78, 5) is 25.7. The Hall–Kier alpha value is -2.26. The number of nitrogens with one attached hydrogen (secondary N) is 1. The number of phenolic OH excluding ortho intramolecular Hbond substituents is 1. The fourth-order valence-electron chi connectivity index (χ4n) is 2.27. The highest BCUT2D eigenvalue weighted by Crippen LogP contribution is 2.38. The highest BCUT2D eigenvalue weighted by Gasteiger charge is 2.34. The summed E-state index contributed by atoms with van der Waals surface area (Å²) < 4.78 is 10.2. The number of nitrogens with zero attached hydrogens (tertiary/aromatic N) is 1. The number of halogens is 1. The molecule has 1 aliphatic heterocycles. The van der Waals surface area contributed by atoms with E-state index in [2.05, 4.69) is 21.2 Å². The molecule has 0 bridgehead atoms. The fraction of sp³-hybridized carbons (Fsp3) is 0.333. The number of aromatic hydroxyl groups is 1. The molecule has 130 valence electrons. The summed E-state index contributed by atoms with van der Waals surface area (Å²) in [6.45, 7) is -0.137. The van der Waals surface area contributed by atoms with Crippen LogP contribution in [0.1, 0.15) is 0 Å². The van der Waals surface area contributed by atoms with Crippen LogP contribution in [0.3, 0.4) is 0 Å². The number of anilines is 1. The SMILES string of the molecule is COC(=O)C1=C(Nc2cc(OC)cc(Br)c2O)C(=O)N(CCO)C1.